The van der Waals surface area contributed by atoms with E-state index in [1.807, 2.05) is 29.4 Å². The second-order valence-electron chi connectivity index (χ2n) is 5.38. The van der Waals surface area contributed by atoms with Crippen LogP contribution in [0.4, 0.5) is 8.78 Å². The molecule has 1 aliphatic rings. The van der Waals surface area contributed by atoms with E-state index in [4.69, 9.17) is 0 Å². The van der Waals surface area contributed by atoms with Crippen molar-refractivity contribution in [1.82, 2.24) is 9.29 Å². The molecular weight excluding hydrogens is 314 g/mol. The first-order valence-corrected chi connectivity index (χ1v) is 8.31. The van der Waals surface area contributed by atoms with E-state index in [0.717, 1.165) is 29.0 Å². The number of aromatic nitrogens is 1. The average Bonchev–Trinajstić information content (AvgIpc) is 2.93. The Kier molecular flexibility index (Phi) is 4.98. The van der Waals surface area contributed by atoms with Crippen LogP contribution in [0.3, 0.4) is 0 Å². The van der Waals surface area contributed by atoms with Gasteiger partial charge in [-0.25, -0.2) is 8.78 Å². The fourth-order valence-electron chi connectivity index (χ4n) is 2.55. The topological polar surface area (TPSA) is 17.0 Å². The zero-order valence-corrected chi connectivity index (χ0v) is 13.7. The Morgan fingerprint density at radius 2 is 1.87 bits per heavy atom. The predicted octanol–water partition coefficient (Wildman–Crippen LogP) is 4.93. The van der Waals surface area contributed by atoms with Gasteiger partial charge in [-0.2, -0.15) is 0 Å². The highest BCUT2D eigenvalue weighted by atomic mass is 32.2. The van der Waals surface area contributed by atoms with Crippen LogP contribution in [0.1, 0.15) is 24.1 Å². The Balaban J connectivity index is 1.96. The molecule has 1 heterocycles. The quantitative estimate of drug-likeness (QED) is 0.836. The first kappa shape index (κ1) is 16.0. The highest BCUT2D eigenvalue weighted by Gasteiger charge is 2.17. The number of nitrogens with zero attached hydrogens (tertiary/aromatic N) is 1. The van der Waals surface area contributed by atoms with E-state index in [9.17, 15) is 8.78 Å². The lowest BCUT2D eigenvalue weighted by Crippen LogP contribution is -2.03. The van der Waals surface area contributed by atoms with Crippen molar-refractivity contribution in [1.29, 1.82) is 0 Å². The van der Waals surface area contributed by atoms with Gasteiger partial charge in [-0.1, -0.05) is 6.08 Å². The third kappa shape index (κ3) is 3.74. The van der Waals surface area contributed by atoms with Crippen LogP contribution in [0.15, 0.2) is 59.4 Å². The van der Waals surface area contributed by atoms with E-state index >= 15 is 0 Å². The van der Waals surface area contributed by atoms with Gasteiger partial charge < -0.3 is 5.32 Å². The highest BCUT2D eigenvalue weighted by molar-refractivity contribution is 7.97. The summed E-state index contributed by atoms with van der Waals surface area (Å²) in [5.74, 6) is -0.437. The Labute approximate surface area is 139 Å². The van der Waals surface area contributed by atoms with Crippen molar-refractivity contribution in [2.24, 2.45) is 0 Å². The molecule has 2 nitrogen and oxygen atoms in total. The molecule has 0 aliphatic heterocycles. The summed E-state index contributed by atoms with van der Waals surface area (Å²) in [6.45, 7) is 0.711. The zero-order chi connectivity index (χ0) is 16.2. The largest absolute Gasteiger partial charge is 0.316 e. The first-order chi connectivity index (χ1) is 11.2. The van der Waals surface area contributed by atoms with Crippen molar-refractivity contribution in [2.75, 3.05) is 7.05 Å². The molecule has 23 heavy (non-hydrogen) atoms. The molecule has 1 aliphatic carbocycles. The summed E-state index contributed by atoms with van der Waals surface area (Å²) in [6.07, 6.45) is 7.14. The lowest BCUT2D eigenvalue weighted by Gasteiger charge is -2.13. The van der Waals surface area contributed by atoms with Crippen LogP contribution >= 0.6 is 11.9 Å². The maximum Gasteiger partial charge on any atom is 0.128 e. The van der Waals surface area contributed by atoms with Crippen molar-refractivity contribution in [3.8, 4) is 0 Å². The fraction of sp³-hybridized carbons (Fsp3) is 0.222. The average molecular weight is 332 g/mol. The highest BCUT2D eigenvalue weighted by Crippen LogP contribution is 2.34. The Bertz CT molecular complexity index is 745. The van der Waals surface area contributed by atoms with Crippen LogP contribution in [-0.2, 0) is 6.54 Å². The van der Waals surface area contributed by atoms with Crippen LogP contribution in [0.2, 0.25) is 0 Å². The Morgan fingerprint density at radius 3 is 2.57 bits per heavy atom. The van der Waals surface area contributed by atoms with Crippen LogP contribution < -0.4 is 5.32 Å². The number of allylic oxidation sites excluding steroid dienone is 4. The number of halogens is 2. The van der Waals surface area contributed by atoms with E-state index in [1.54, 1.807) is 18.2 Å². The molecule has 3 rings (SSSR count). The second kappa shape index (κ2) is 7.15. The van der Waals surface area contributed by atoms with Crippen molar-refractivity contribution >= 4 is 17.5 Å². The number of hydrogen-bond acceptors (Lipinski definition) is 2. The second-order valence-corrected chi connectivity index (χ2v) is 6.43. The van der Waals surface area contributed by atoms with Gasteiger partial charge in [-0.05, 0) is 73.8 Å². The smallest absolute Gasteiger partial charge is 0.128 e. The van der Waals surface area contributed by atoms with E-state index < -0.39 is 0 Å². The number of benzene rings is 1. The van der Waals surface area contributed by atoms with Crippen LogP contribution in [-0.4, -0.2) is 11.0 Å². The third-order valence-electron chi connectivity index (χ3n) is 3.61. The normalized spacial score (nSPS) is 14.6. The minimum atomic E-state index is -0.262. The van der Waals surface area contributed by atoms with Gasteiger partial charge in [-0.15, -0.1) is 0 Å². The molecule has 0 fully saturated rings. The predicted molar refractivity (Wildman–Crippen MR) is 91.3 cm³/mol. The molecule has 120 valence electrons. The van der Waals surface area contributed by atoms with Crippen molar-refractivity contribution < 1.29 is 8.78 Å². The van der Waals surface area contributed by atoms with Crippen molar-refractivity contribution in [3.63, 3.8) is 0 Å². The fourth-order valence-corrected chi connectivity index (χ4v) is 3.47. The monoisotopic (exact) mass is 332 g/mol. The lowest BCUT2D eigenvalue weighted by molar-refractivity contribution is 0.626. The molecule has 0 bridgehead atoms. The van der Waals surface area contributed by atoms with Crippen molar-refractivity contribution in [3.05, 3.63) is 71.6 Å². The molecule has 0 radical (unpaired) electrons. The maximum absolute atomic E-state index is 14.2. The molecule has 1 aromatic carbocycles. The summed E-state index contributed by atoms with van der Waals surface area (Å²) in [4.78, 5) is 0.903. The molecule has 5 heteroatoms. The van der Waals surface area contributed by atoms with Gasteiger partial charge in [0.25, 0.3) is 0 Å². The SMILES string of the molecule is CNCc1cc(C2=CCCC=C2F)n(Sc2ccc(F)cc2)c1. The molecule has 0 spiro atoms. The molecule has 2 aromatic rings. The zero-order valence-electron chi connectivity index (χ0n) is 12.9. The van der Waals surface area contributed by atoms with E-state index in [2.05, 4.69) is 5.32 Å². The minimum Gasteiger partial charge on any atom is -0.316 e. The van der Waals surface area contributed by atoms with Gasteiger partial charge in [0, 0.05) is 23.2 Å². The number of hydrogen-bond donors (Lipinski definition) is 1. The number of nitrogens with one attached hydrogen (secondary N) is 1. The summed E-state index contributed by atoms with van der Waals surface area (Å²) in [6, 6.07) is 8.31. The third-order valence-corrected chi connectivity index (χ3v) is 4.59. The molecule has 1 N–H and O–H groups in total. The summed E-state index contributed by atoms with van der Waals surface area (Å²) in [7, 11) is 1.88. The van der Waals surface area contributed by atoms with E-state index in [0.29, 0.717) is 12.1 Å². The van der Waals surface area contributed by atoms with Crippen LogP contribution in [0.25, 0.3) is 5.57 Å². The molecule has 0 unspecified atom stereocenters. The molecular formula is C18H18F2N2S. The Morgan fingerprint density at radius 1 is 1.13 bits per heavy atom. The molecule has 0 saturated heterocycles. The first-order valence-electron chi connectivity index (χ1n) is 7.53. The van der Waals surface area contributed by atoms with Gasteiger partial charge in [0.1, 0.15) is 11.6 Å². The van der Waals surface area contributed by atoms with Crippen LogP contribution in [0.5, 0.6) is 0 Å². The summed E-state index contributed by atoms with van der Waals surface area (Å²) >= 11 is 1.45. The van der Waals surface area contributed by atoms with Gasteiger partial charge in [0.15, 0.2) is 0 Å². The van der Waals surface area contributed by atoms with E-state index in [1.165, 1.54) is 24.1 Å². The summed E-state index contributed by atoms with van der Waals surface area (Å²) in [5.41, 5.74) is 2.54. The molecule has 1 aromatic heterocycles. The Hall–Kier alpha value is -1.85. The summed E-state index contributed by atoms with van der Waals surface area (Å²) < 4.78 is 29.2. The lowest BCUT2D eigenvalue weighted by atomic mass is 10.0. The van der Waals surface area contributed by atoms with Crippen LogP contribution in [0, 0.1) is 5.82 Å². The molecule has 0 saturated carbocycles. The van der Waals surface area contributed by atoms with E-state index in [-0.39, 0.29) is 11.6 Å². The maximum atomic E-state index is 14.2. The standard InChI is InChI=1S/C18H18F2N2S/c1-21-11-13-10-18(16-4-2-3-5-17(16)20)22(12-13)23-15-8-6-14(19)7-9-15/h4-10,12,21H,2-3,11H2,1H3. The molecule has 0 amide bonds. The van der Waals surface area contributed by atoms with Gasteiger partial charge >= 0.3 is 0 Å². The molecule has 0 atom stereocenters. The van der Waals surface area contributed by atoms with Crippen molar-refractivity contribution in [2.45, 2.75) is 24.3 Å². The minimum absolute atomic E-state index is 0.175. The number of rotatable bonds is 5. The van der Waals surface area contributed by atoms with Gasteiger partial charge in [-0.3, -0.25) is 3.97 Å². The summed E-state index contributed by atoms with van der Waals surface area (Å²) in [5, 5.41) is 3.11. The van der Waals surface area contributed by atoms with Gasteiger partial charge in [0.05, 0.1) is 5.69 Å². The van der Waals surface area contributed by atoms with Gasteiger partial charge in [0.2, 0.25) is 0 Å².